The second-order valence-corrected chi connectivity index (χ2v) is 8.18. The number of carbonyl (C=O) groups is 1. The first-order valence-corrected chi connectivity index (χ1v) is 11.0. The van der Waals surface area contributed by atoms with Gasteiger partial charge in [-0.15, -0.1) is 0 Å². The van der Waals surface area contributed by atoms with E-state index in [9.17, 15) is 9.59 Å². The number of hydrogen-bond donors (Lipinski definition) is 0. The number of hydrogen-bond acceptors (Lipinski definition) is 6. The van der Waals surface area contributed by atoms with Gasteiger partial charge in [0.2, 0.25) is 5.43 Å². The zero-order chi connectivity index (χ0) is 22.3. The molecule has 0 atom stereocenters. The van der Waals surface area contributed by atoms with Crippen LogP contribution in [-0.4, -0.2) is 45.4 Å². The highest BCUT2D eigenvalue weighted by Crippen LogP contribution is 2.18. The predicted molar refractivity (Wildman–Crippen MR) is 119 cm³/mol. The van der Waals surface area contributed by atoms with Gasteiger partial charge in [0.15, 0.2) is 0 Å². The molecule has 168 valence electrons. The summed E-state index contributed by atoms with van der Waals surface area (Å²) in [6, 6.07) is 9.16. The van der Waals surface area contributed by atoms with E-state index in [-0.39, 0.29) is 17.8 Å². The molecule has 0 amide bonds. The molecule has 8 heteroatoms. The van der Waals surface area contributed by atoms with Gasteiger partial charge < -0.3 is 9.47 Å². The molecule has 32 heavy (non-hydrogen) atoms. The highest BCUT2D eigenvalue weighted by atomic mass is 16.5. The molecule has 0 bridgehead atoms. The van der Waals surface area contributed by atoms with Crippen molar-refractivity contribution in [1.82, 2.24) is 19.6 Å². The summed E-state index contributed by atoms with van der Waals surface area (Å²) in [6.45, 7) is 2.05. The van der Waals surface area contributed by atoms with Crippen molar-refractivity contribution < 1.29 is 14.3 Å². The number of ether oxygens (including phenoxy) is 2. The quantitative estimate of drug-likeness (QED) is 0.504. The topological polar surface area (TPSA) is 88.2 Å². The summed E-state index contributed by atoms with van der Waals surface area (Å²) in [5.41, 5.74) is 2.88. The normalized spacial score (nSPS) is 14.4. The van der Waals surface area contributed by atoms with Gasteiger partial charge in [-0.2, -0.15) is 10.2 Å². The lowest BCUT2D eigenvalue weighted by Crippen LogP contribution is -2.18. The van der Waals surface area contributed by atoms with Crippen LogP contribution in [0.2, 0.25) is 0 Å². The fourth-order valence-corrected chi connectivity index (χ4v) is 3.88. The van der Waals surface area contributed by atoms with E-state index in [0.717, 1.165) is 49.3 Å². The van der Waals surface area contributed by atoms with Crippen molar-refractivity contribution >= 4 is 5.97 Å². The molecule has 0 aliphatic carbocycles. The van der Waals surface area contributed by atoms with Crippen molar-refractivity contribution in [3.63, 3.8) is 0 Å². The first-order chi connectivity index (χ1) is 15.6. The SMILES string of the molecule is Cn1cc(-n2ccc(=O)c(Cc3cccc(CC(=O)OCCC4CCOCC4)c3)n2)cn1. The molecule has 0 N–H and O–H groups in total. The van der Waals surface area contributed by atoms with E-state index in [1.54, 1.807) is 21.8 Å². The summed E-state index contributed by atoms with van der Waals surface area (Å²) < 4.78 is 14.1. The maximum Gasteiger partial charge on any atom is 0.310 e. The minimum atomic E-state index is -0.231. The maximum atomic E-state index is 12.3. The van der Waals surface area contributed by atoms with Gasteiger partial charge in [-0.3, -0.25) is 14.3 Å². The molecule has 8 nitrogen and oxygen atoms in total. The third kappa shape index (κ3) is 5.91. The van der Waals surface area contributed by atoms with Crippen LogP contribution in [0.4, 0.5) is 0 Å². The Labute approximate surface area is 186 Å². The Balaban J connectivity index is 1.35. The van der Waals surface area contributed by atoms with E-state index < -0.39 is 0 Å². The van der Waals surface area contributed by atoms with Crippen molar-refractivity contribution in [3.05, 3.63) is 76.0 Å². The Morgan fingerprint density at radius 3 is 2.81 bits per heavy atom. The molecular weight excluding hydrogens is 408 g/mol. The van der Waals surface area contributed by atoms with Crippen LogP contribution in [0.5, 0.6) is 0 Å². The summed E-state index contributed by atoms with van der Waals surface area (Å²) in [5, 5.41) is 8.62. The molecule has 3 aromatic rings. The zero-order valence-corrected chi connectivity index (χ0v) is 18.3. The number of benzene rings is 1. The van der Waals surface area contributed by atoms with Crippen LogP contribution in [0, 0.1) is 5.92 Å². The van der Waals surface area contributed by atoms with Gasteiger partial charge in [-0.25, -0.2) is 4.68 Å². The molecule has 0 radical (unpaired) electrons. The maximum absolute atomic E-state index is 12.3. The molecule has 1 saturated heterocycles. The molecule has 0 spiro atoms. The largest absolute Gasteiger partial charge is 0.465 e. The van der Waals surface area contributed by atoms with Crippen LogP contribution in [-0.2, 0) is 34.2 Å². The first kappa shape index (κ1) is 22.0. The van der Waals surface area contributed by atoms with Crippen LogP contribution in [0.25, 0.3) is 5.69 Å². The van der Waals surface area contributed by atoms with Crippen LogP contribution in [0.15, 0.2) is 53.7 Å². The Kier molecular flexibility index (Phi) is 7.11. The first-order valence-electron chi connectivity index (χ1n) is 11.0. The monoisotopic (exact) mass is 436 g/mol. The molecule has 1 aliphatic heterocycles. The van der Waals surface area contributed by atoms with Crippen molar-refractivity contribution in [2.75, 3.05) is 19.8 Å². The Hall–Kier alpha value is -3.26. The summed E-state index contributed by atoms with van der Waals surface area (Å²) in [5.74, 6) is 0.347. The van der Waals surface area contributed by atoms with E-state index in [4.69, 9.17) is 9.47 Å². The summed E-state index contributed by atoms with van der Waals surface area (Å²) in [7, 11) is 1.83. The number of aromatic nitrogens is 4. The van der Waals surface area contributed by atoms with Gasteiger partial charge in [0.25, 0.3) is 0 Å². The molecule has 0 saturated carbocycles. The van der Waals surface area contributed by atoms with E-state index in [2.05, 4.69) is 10.2 Å². The van der Waals surface area contributed by atoms with Crippen molar-refractivity contribution in [2.24, 2.45) is 13.0 Å². The van der Waals surface area contributed by atoms with Crippen molar-refractivity contribution in [3.8, 4) is 5.69 Å². The number of aryl methyl sites for hydroxylation is 1. The Morgan fingerprint density at radius 1 is 1.22 bits per heavy atom. The van der Waals surface area contributed by atoms with E-state index in [0.29, 0.717) is 24.6 Å². The number of nitrogens with zero attached hydrogens (tertiary/aromatic N) is 4. The average Bonchev–Trinajstić information content (AvgIpc) is 3.22. The van der Waals surface area contributed by atoms with Gasteiger partial charge in [0.1, 0.15) is 11.4 Å². The number of esters is 1. The number of carbonyl (C=O) groups excluding carboxylic acids is 1. The predicted octanol–water partition coefficient (Wildman–Crippen LogP) is 2.46. The van der Waals surface area contributed by atoms with Gasteiger partial charge in [0, 0.05) is 38.9 Å². The van der Waals surface area contributed by atoms with Crippen LogP contribution in [0.1, 0.15) is 36.1 Å². The molecule has 1 aromatic carbocycles. The standard InChI is InChI=1S/C24H28N4O4/c1-27-17-21(16-25-27)28-9-5-23(29)22(26-28)14-19-3-2-4-20(13-19)15-24(30)32-12-8-18-6-10-31-11-7-18/h2-5,9,13,16-18H,6-8,10-12,14-15H2,1H3. The second-order valence-electron chi connectivity index (χ2n) is 8.18. The molecule has 1 aliphatic rings. The smallest absolute Gasteiger partial charge is 0.310 e. The fraction of sp³-hybridized carbons (Fsp3) is 0.417. The third-order valence-electron chi connectivity index (χ3n) is 5.68. The average molecular weight is 437 g/mol. The minimum Gasteiger partial charge on any atom is -0.465 e. The van der Waals surface area contributed by atoms with Gasteiger partial charge in [0.05, 0.1) is 25.4 Å². The van der Waals surface area contributed by atoms with E-state index in [1.165, 1.54) is 6.07 Å². The van der Waals surface area contributed by atoms with Gasteiger partial charge in [-0.05, 0) is 36.3 Å². The Morgan fingerprint density at radius 2 is 2.03 bits per heavy atom. The lowest BCUT2D eigenvalue weighted by atomic mass is 9.97. The van der Waals surface area contributed by atoms with Gasteiger partial charge in [-0.1, -0.05) is 24.3 Å². The third-order valence-corrected chi connectivity index (χ3v) is 5.68. The second kappa shape index (κ2) is 10.4. The highest BCUT2D eigenvalue weighted by molar-refractivity contribution is 5.72. The molecule has 3 heterocycles. The summed E-state index contributed by atoms with van der Waals surface area (Å²) >= 11 is 0. The fourth-order valence-electron chi connectivity index (χ4n) is 3.88. The summed E-state index contributed by atoms with van der Waals surface area (Å²) in [6.07, 6.45) is 8.71. The molecule has 1 fully saturated rings. The molecule has 4 rings (SSSR count). The van der Waals surface area contributed by atoms with Crippen LogP contribution < -0.4 is 5.43 Å². The van der Waals surface area contributed by atoms with Crippen LogP contribution >= 0.6 is 0 Å². The lowest BCUT2D eigenvalue weighted by molar-refractivity contribution is -0.143. The summed E-state index contributed by atoms with van der Waals surface area (Å²) in [4.78, 5) is 24.6. The zero-order valence-electron chi connectivity index (χ0n) is 18.3. The van der Waals surface area contributed by atoms with Crippen molar-refractivity contribution in [2.45, 2.75) is 32.1 Å². The molecule has 0 unspecified atom stereocenters. The Bertz CT molecular complexity index is 1110. The van der Waals surface area contributed by atoms with Gasteiger partial charge >= 0.3 is 5.97 Å². The van der Waals surface area contributed by atoms with Crippen molar-refractivity contribution in [1.29, 1.82) is 0 Å². The molecular formula is C24H28N4O4. The highest BCUT2D eigenvalue weighted by Gasteiger charge is 2.15. The van der Waals surface area contributed by atoms with E-state index in [1.807, 2.05) is 37.5 Å². The lowest BCUT2D eigenvalue weighted by Gasteiger charge is -2.21. The molecule has 2 aromatic heterocycles. The van der Waals surface area contributed by atoms with E-state index >= 15 is 0 Å². The van der Waals surface area contributed by atoms with Crippen LogP contribution in [0.3, 0.4) is 0 Å². The number of rotatable bonds is 8. The minimum absolute atomic E-state index is 0.122.